The zero-order valence-corrected chi connectivity index (χ0v) is 14.9. The van der Waals surface area contributed by atoms with E-state index >= 15 is 0 Å². The van der Waals surface area contributed by atoms with Gasteiger partial charge in [0.15, 0.2) is 0 Å². The number of pyridine rings is 1. The molecule has 0 saturated carbocycles. The minimum atomic E-state index is -0.175. The second-order valence-electron chi connectivity index (χ2n) is 6.43. The van der Waals surface area contributed by atoms with Crippen LogP contribution in [-0.4, -0.2) is 62.4 Å². The highest BCUT2D eigenvalue weighted by Crippen LogP contribution is 2.29. The molecule has 1 aliphatic heterocycles. The van der Waals surface area contributed by atoms with Crippen molar-refractivity contribution in [2.45, 2.75) is 38.0 Å². The number of hydrogen-bond acceptors (Lipinski definition) is 5. The molecule has 7 heteroatoms. The van der Waals surface area contributed by atoms with E-state index in [-0.39, 0.29) is 24.2 Å². The molecule has 0 aliphatic carbocycles. The lowest BCUT2D eigenvalue weighted by molar-refractivity contribution is 0.0994. The van der Waals surface area contributed by atoms with E-state index in [0.717, 1.165) is 24.9 Å². The molecule has 1 aromatic rings. The molecule has 1 aliphatic rings. The Bertz CT molecular complexity index is 521. The minimum Gasteiger partial charge on any atom is -0.481 e. The van der Waals surface area contributed by atoms with Gasteiger partial charge in [-0.25, -0.2) is 9.78 Å². The van der Waals surface area contributed by atoms with Crippen LogP contribution < -0.4 is 15.4 Å². The van der Waals surface area contributed by atoms with Crippen LogP contribution in [-0.2, 0) is 4.74 Å². The van der Waals surface area contributed by atoms with E-state index in [1.54, 1.807) is 19.4 Å². The summed E-state index contributed by atoms with van der Waals surface area (Å²) in [5, 5.41) is 6.01. The van der Waals surface area contributed by atoms with Crippen molar-refractivity contribution in [1.29, 1.82) is 0 Å². The van der Waals surface area contributed by atoms with Gasteiger partial charge in [0.25, 0.3) is 0 Å². The molecule has 7 nitrogen and oxygen atoms in total. The van der Waals surface area contributed by atoms with E-state index in [1.807, 2.05) is 27.1 Å². The zero-order chi connectivity index (χ0) is 17.5. The van der Waals surface area contributed by atoms with Crippen molar-refractivity contribution in [2.75, 3.05) is 34.4 Å². The number of carbonyl (C=O) groups excluding carboxylic acids is 1. The summed E-state index contributed by atoms with van der Waals surface area (Å²) in [5.41, 5.74) is 0.944. The Hall–Kier alpha value is -1.86. The van der Waals surface area contributed by atoms with Crippen molar-refractivity contribution >= 4 is 6.03 Å². The molecule has 3 atom stereocenters. The number of nitrogens with zero attached hydrogens (tertiary/aromatic N) is 2. The van der Waals surface area contributed by atoms with Gasteiger partial charge in [-0.1, -0.05) is 0 Å². The van der Waals surface area contributed by atoms with Crippen molar-refractivity contribution in [3.63, 3.8) is 0 Å². The summed E-state index contributed by atoms with van der Waals surface area (Å²) in [7, 11) is 5.63. The molecule has 0 bridgehead atoms. The minimum absolute atomic E-state index is 0.0544. The molecule has 0 unspecified atom stereocenters. The van der Waals surface area contributed by atoms with Crippen LogP contribution in [0.15, 0.2) is 18.3 Å². The number of nitrogens with one attached hydrogen (secondary N) is 2. The fraction of sp³-hybridized carbons (Fsp3) is 0.647. The number of hydrogen-bond donors (Lipinski definition) is 2. The van der Waals surface area contributed by atoms with E-state index in [4.69, 9.17) is 9.47 Å². The lowest BCUT2D eigenvalue weighted by atomic mass is 10.0. The lowest BCUT2D eigenvalue weighted by Crippen LogP contribution is -2.46. The molecular weight excluding hydrogens is 308 g/mol. The highest BCUT2D eigenvalue weighted by atomic mass is 16.5. The molecule has 0 spiro atoms. The predicted octanol–water partition coefficient (Wildman–Crippen LogP) is 1.56. The Morgan fingerprint density at radius 3 is 2.92 bits per heavy atom. The quantitative estimate of drug-likeness (QED) is 0.790. The van der Waals surface area contributed by atoms with Crippen LogP contribution in [0.4, 0.5) is 4.79 Å². The molecule has 2 N–H and O–H groups in total. The fourth-order valence-electron chi connectivity index (χ4n) is 2.70. The SMILES string of the molecule is COc1ccc([C@H]2OCC[C@@H]2NC(=O)N[C@@H](C)CCN(C)C)cn1. The Morgan fingerprint density at radius 1 is 1.50 bits per heavy atom. The van der Waals surface area contributed by atoms with Gasteiger partial charge in [0.05, 0.1) is 13.2 Å². The Kier molecular flexibility index (Phi) is 6.81. The summed E-state index contributed by atoms with van der Waals surface area (Å²) in [4.78, 5) is 18.5. The summed E-state index contributed by atoms with van der Waals surface area (Å²) in [6.45, 7) is 3.57. The second-order valence-corrected chi connectivity index (χ2v) is 6.43. The average Bonchev–Trinajstić information content (AvgIpc) is 3.01. The van der Waals surface area contributed by atoms with Crippen LogP contribution in [0.5, 0.6) is 5.88 Å². The average molecular weight is 336 g/mol. The van der Waals surface area contributed by atoms with Crippen molar-refractivity contribution in [3.8, 4) is 5.88 Å². The van der Waals surface area contributed by atoms with E-state index in [0.29, 0.717) is 12.5 Å². The van der Waals surface area contributed by atoms with Crippen LogP contribution in [0.2, 0.25) is 0 Å². The molecule has 2 rings (SSSR count). The van der Waals surface area contributed by atoms with Crippen LogP contribution in [0.3, 0.4) is 0 Å². The summed E-state index contributed by atoms with van der Waals surface area (Å²) < 4.78 is 10.9. The number of ether oxygens (including phenoxy) is 2. The first-order chi connectivity index (χ1) is 11.5. The van der Waals surface area contributed by atoms with Gasteiger partial charge in [0.2, 0.25) is 5.88 Å². The molecule has 1 aromatic heterocycles. The third kappa shape index (κ3) is 5.35. The van der Waals surface area contributed by atoms with Crippen molar-refractivity contribution in [1.82, 2.24) is 20.5 Å². The number of urea groups is 1. The van der Waals surface area contributed by atoms with E-state index in [2.05, 4.69) is 20.5 Å². The van der Waals surface area contributed by atoms with E-state index < -0.39 is 0 Å². The van der Waals surface area contributed by atoms with Gasteiger partial charge < -0.3 is 25.0 Å². The Balaban J connectivity index is 1.87. The third-order valence-electron chi connectivity index (χ3n) is 4.09. The lowest BCUT2D eigenvalue weighted by Gasteiger charge is -2.22. The van der Waals surface area contributed by atoms with Gasteiger partial charge in [0, 0.05) is 30.5 Å². The molecule has 2 heterocycles. The second kappa shape index (κ2) is 8.84. The maximum absolute atomic E-state index is 12.2. The zero-order valence-electron chi connectivity index (χ0n) is 14.9. The van der Waals surface area contributed by atoms with Crippen LogP contribution in [0.1, 0.15) is 31.4 Å². The van der Waals surface area contributed by atoms with Gasteiger partial charge in [0.1, 0.15) is 6.10 Å². The summed E-state index contributed by atoms with van der Waals surface area (Å²) in [5.74, 6) is 0.564. The van der Waals surface area contributed by atoms with Crippen LogP contribution >= 0.6 is 0 Å². The molecular formula is C17H28N4O3. The monoisotopic (exact) mass is 336 g/mol. The summed E-state index contributed by atoms with van der Waals surface area (Å²) in [6, 6.07) is 3.64. The summed E-state index contributed by atoms with van der Waals surface area (Å²) >= 11 is 0. The maximum atomic E-state index is 12.2. The number of amides is 2. The number of methoxy groups -OCH3 is 1. The van der Waals surface area contributed by atoms with Gasteiger partial charge in [-0.05, 0) is 46.5 Å². The highest BCUT2D eigenvalue weighted by molar-refractivity contribution is 5.74. The summed E-state index contributed by atoms with van der Waals surface area (Å²) in [6.07, 6.45) is 3.26. The number of carbonyl (C=O) groups is 1. The van der Waals surface area contributed by atoms with Gasteiger partial charge in [-0.3, -0.25) is 0 Å². The van der Waals surface area contributed by atoms with Crippen molar-refractivity contribution in [2.24, 2.45) is 0 Å². The van der Waals surface area contributed by atoms with E-state index in [9.17, 15) is 4.79 Å². The number of rotatable bonds is 7. The first kappa shape index (κ1) is 18.5. The van der Waals surface area contributed by atoms with E-state index in [1.165, 1.54) is 0 Å². The maximum Gasteiger partial charge on any atom is 0.315 e. The molecule has 24 heavy (non-hydrogen) atoms. The van der Waals surface area contributed by atoms with Gasteiger partial charge in [-0.2, -0.15) is 0 Å². The third-order valence-corrected chi connectivity index (χ3v) is 4.09. The Labute approximate surface area is 143 Å². The topological polar surface area (TPSA) is 75.7 Å². The molecule has 2 amide bonds. The van der Waals surface area contributed by atoms with Crippen molar-refractivity contribution < 1.29 is 14.3 Å². The smallest absolute Gasteiger partial charge is 0.315 e. The van der Waals surface area contributed by atoms with Crippen LogP contribution in [0, 0.1) is 0 Å². The molecule has 1 fully saturated rings. The molecule has 0 aromatic carbocycles. The number of aromatic nitrogens is 1. The standard InChI is InChI=1S/C17H28N4O3/c1-12(7-9-21(2)3)19-17(22)20-14-8-10-24-16(14)13-5-6-15(23-4)18-11-13/h5-6,11-12,14,16H,7-10H2,1-4H3,(H2,19,20,22)/t12-,14-,16+/m0/s1. The first-order valence-corrected chi connectivity index (χ1v) is 8.33. The largest absolute Gasteiger partial charge is 0.481 e. The molecule has 1 saturated heterocycles. The normalized spacial score (nSPS) is 21.5. The molecule has 134 valence electrons. The highest BCUT2D eigenvalue weighted by Gasteiger charge is 2.31. The Morgan fingerprint density at radius 2 is 2.29 bits per heavy atom. The van der Waals surface area contributed by atoms with Crippen LogP contribution in [0.25, 0.3) is 0 Å². The molecule has 0 radical (unpaired) electrons. The fourth-order valence-corrected chi connectivity index (χ4v) is 2.70. The first-order valence-electron chi connectivity index (χ1n) is 8.33. The van der Waals surface area contributed by atoms with Gasteiger partial charge in [-0.15, -0.1) is 0 Å². The van der Waals surface area contributed by atoms with Gasteiger partial charge >= 0.3 is 6.03 Å². The van der Waals surface area contributed by atoms with Crippen molar-refractivity contribution in [3.05, 3.63) is 23.9 Å². The predicted molar refractivity (Wildman–Crippen MR) is 92.2 cm³/mol.